The summed E-state index contributed by atoms with van der Waals surface area (Å²) in [5.41, 5.74) is 7.18. The van der Waals surface area contributed by atoms with Crippen molar-refractivity contribution < 1.29 is 0 Å². The normalized spacial score (nSPS) is 12.4. The average molecular weight is 287 g/mol. The van der Waals surface area contributed by atoms with Gasteiger partial charge in [-0.25, -0.2) is 0 Å². The summed E-state index contributed by atoms with van der Waals surface area (Å²) in [7, 11) is 0. The van der Waals surface area contributed by atoms with Gasteiger partial charge in [0.05, 0.1) is 21.1 Å². The van der Waals surface area contributed by atoms with Gasteiger partial charge in [-0.1, -0.05) is 23.2 Å². The molecular formula is C12H12Cl2N2S. The van der Waals surface area contributed by atoms with Crippen LogP contribution < -0.4 is 11.1 Å². The van der Waals surface area contributed by atoms with E-state index in [1.54, 1.807) is 17.4 Å². The van der Waals surface area contributed by atoms with Crippen LogP contribution in [0, 0.1) is 0 Å². The molecule has 2 nitrogen and oxygen atoms in total. The summed E-state index contributed by atoms with van der Waals surface area (Å²) in [5, 5.41) is 3.96. The lowest BCUT2D eigenvalue weighted by Crippen LogP contribution is -2.05. The summed E-state index contributed by atoms with van der Waals surface area (Å²) in [5.74, 6) is 0. The molecule has 17 heavy (non-hydrogen) atoms. The Labute approximate surface area is 114 Å². The molecule has 2 aromatic rings. The molecule has 3 N–H and O–H groups in total. The van der Waals surface area contributed by atoms with E-state index >= 15 is 0 Å². The van der Waals surface area contributed by atoms with Gasteiger partial charge in [-0.05, 0) is 37.3 Å². The van der Waals surface area contributed by atoms with Crippen molar-refractivity contribution in [3.8, 4) is 0 Å². The maximum atomic E-state index is 6.10. The largest absolute Gasteiger partial charge is 0.399 e. The van der Waals surface area contributed by atoms with Gasteiger partial charge < -0.3 is 11.1 Å². The van der Waals surface area contributed by atoms with Gasteiger partial charge in [0.1, 0.15) is 0 Å². The van der Waals surface area contributed by atoms with Crippen LogP contribution in [0.1, 0.15) is 17.8 Å². The molecule has 0 aliphatic heterocycles. The van der Waals surface area contributed by atoms with Gasteiger partial charge in [0.15, 0.2) is 0 Å². The number of nitrogen functional groups attached to an aromatic ring is 1. The second-order valence-corrected chi connectivity index (χ2v) is 5.90. The van der Waals surface area contributed by atoms with Crippen LogP contribution in [0.4, 0.5) is 11.4 Å². The van der Waals surface area contributed by atoms with Gasteiger partial charge in [0, 0.05) is 10.6 Å². The Hall–Kier alpha value is -0.900. The summed E-state index contributed by atoms with van der Waals surface area (Å²) in [6.45, 7) is 2.06. The first-order chi connectivity index (χ1) is 8.06. The van der Waals surface area contributed by atoms with E-state index in [-0.39, 0.29) is 6.04 Å². The molecule has 1 unspecified atom stereocenters. The quantitative estimate of drug-likeness (QED) is 0.795. The fourth-order valence-corrected chi connectivity index (χ4v) is 2.82. The van der Waals surface area contributed by atoms with E-state index in [1.165, 1.54) is 4.88 Å². The number of halogens is 2. The molecular weight excluding hydrogens is 275 g/mol. The van der Waals surface area contributed by atoms with Gasteiger partial charge in [-0.15, -0.1) is 11.3 Å². The van der Waals surface area contributed by atoms with E-state index in [9.17, 15) is 0 Å². The summed E-state index contributed by atoms with van der Waals surface area (Å²) >= 11 is 13.6. The van der Waals surface area contributed by atoms with Crippen molar-refractivity contribution >= 4 is 45.9 Å². The van der Waals surface area contributed by atoms with Crippen LogP contribution in [-0.4, -0.2) is 0 Å². The first kappa shape index (κ1) is 12.6. The maximum Gasteiger partial charge on any atom is 0.0932 e. The minimum absolute atomic E-state index is 0.161. The fourth-order valence-electron chi connectivity index (χ4n) is 1.51. The lowest BCUT2D eigenvalue weighted by Gasteiger charge is -2.15. The number of hydrogen-bond donors (Lipinski definition) is 2. The lowest BCUT2D eigenvalue weighted by atomic mass is 10.2. The summed E-state index contributed by atoms with van der Waals surface area (Å²) < 4.78 is 0.789. The van der Waals surface area contributed by atoms with Crippen molar-refractivity contribution in [2.24, 2.45) is 0 Å². The highest BCUT2D eigenvalue weighted by Crippen LogP contribution is 2.31. The third kappa shape index (κ3) is 3.06. The zero-order valence-electron chi connectivity index (χ0n) is 9.21. The van der Waals surface area contributed by atoms with Crippen LogP contribution in [0.3, 0.4) is 0 Å². The highest BCUT2D eigenvalue weighted by molar-refractivity contribution is 7.16. The topological polar surface area (TPSA) is 38.0 Å². The summed E-state index contributed by atoms with van der Waals surface area (Å²) in [4.78, 5) is 1.17. The van der Waals surface area contributed by atoms with Crippen molar-refractivity contribution in [1.29, 1.82) is 0 Å². The SMILES string of the molecule is CC(Nc1ccc(N)cc1Cl)c1ccc(Cl)s1. The minimum Gasteiger partial charge on any atom is -0.399 e. The molecule has 0 aliphatic rings. The van der Waals surface area contributed by atoms with Crippen LogP contribution in [0.2, 0.25) is 9.36 Å². The molecule has 0 radical (unpaired) electrons. The number of nitrogens with one attached hydrogen (secondary N) is 1. The van der Waals surface area contributed by atoms with Crippen LogP contribution in [0.5, 0.6) is 0 Å². The predicted octanol–water partition coefficient (Wildman–Crippen LogP) is 4.81. The first-order valence-electron chi connectivity index (χ1n) is 5.13. The minimum atomic E-state index is 0.161. The molecule has 1 atom stereocenters. The molecule has 1 aromatic heterocycles. The lowest BCUT2D eigenvalue weighted by molar-refractivity contribution is 0.908. The van der Waals surface area contributed by atoms with E-state index in [2.05, 4.69) is 12.2 Å². The molecule has 0 spiro atoms. The van der Waals surface area contributed by atoms with Crippen LogP contribution >= 0.6 is 34.5 Å². The molecule has 5 heteroatoms. The molecule has 2 rings (SSSR count). The Kier molecular flexibility index (Phi) is 3.82. The number of hydrogen-bond acceptors (Lipinski definition) is 3. The van der Waals surface area contributed by atoms with Gasteiger partial charge in [0.2, 0.25) is 0 Å². The molecule has 0 saturated carbocycles. The van der Waals surface area contributed by atoms with E-state index in [0.29, 0.717) is 10.7 Å². The third-order valence-electron chi connectivity index (χ3n) is 2.39. The second-order valence-electron chi connectivity index (χ2n) is 3.75. The van der Waals surface area contributed by atoms with Gasteiger partial charge in [0.25, 0.3) is 0 Å². The van der Waals surface area contributed by atoms with Crippen molar-refractivity contribution in [1.82, 2.24) is 0 Å². The van der Waals surface area contributed by atoms with Gasteiger partial charge in [-0.2, -0.15) is 0 Å². The number of nitrogens with two attached hydrogens (primary N) is 1. The predicted molar refractivity (Wildman–Crippen MR) is 77.2 cm³/mol. The highest BCUT2D eigenvalue weighted by Gasteiger charge is 2.09. The van der Waals surface area contributed by atoms with E-state index < -0.39 is 0 Å². The monoisotopic (exact) mass is 286 g/mol. The third-order valence-corrected chi connectivity index (χ3v) is 4.11. The first-order valence-corrected chi connectivity index (χ1v) is 6.70. The van der Waals surface area contributed by atoms with Crippen LogP contribution in [0.25, 0.3) is 0 Å². The molecule has 90 valence electrons. The maximum absolute atomic E-state index is 6.10. The number of benzene rings is 1. The fraction of sp³-hybridized carbons (Fsp3) is 0.167. The number of anilines is 2. The van der Waals surface area contributed by atoms with Crippen LogP contribution in [-0.2, 0) is 0 Å². The van der Waals surface area contributed by atoms with Crippen LogP contribution in [0.15, 0.2) is 30.3 Å². The number of rotatable bonds is 3. The Morgan fingerprint density at radius 2 is 2.00 bits per heavy atom. The molecule has 0 aliphatic carbocycles. The van der Waals surface area contributed by atoms with E-state index in [1.807, 2.05) is 24.3 Å². The highest BCUT2D eigenvalue weighted by atomic mass is 35.5. The Morgan fingerprint density at radius 3 is 2.59 bits per heavy atom. The molecule has 1 aromatic carbocycles. The summed E-state index contributed by atoms with van der Waals surface area (Å²) in [6.07, 6.45) is 0. The van der Waals surface area contributed by atoms with Gasteiger partial charge in [-0.3, -0.25) is 0 Å². The molecule has 0 amide bonds. The Morgan fingerprint density at radius 1 is 1.24 bits per heavy atom. The molecule has 0 fully saturated rings. The Bertz CT molecular complexity index is 525. The number of thiophene rings is 1. The van der Waals surface area contributed by atoms with Crippen molar-refractivity contribution in [3.05, 3.63) is 44.6 Å². The average Bonchev–Trinajstić information content (AvgIpc) is 2.69. The Balaban J connectivity index is 2.15. The zero-order chi connectivity index (χ0) is 12.4. The smallest absolute Gasteiger partial charge is 0.0932 e. The second kappa shape index (κ2) is 5.17. The van der Waals surface area contributed by atoms with Gasteiger partial charge >= 0.3 is 0 Å². The summed E-state index contributed by atoms with van der Waals surface area (Å²) in [6, 6.07) is 9.50. The molecule has 0 saturated heterocycles. The van der Waals surface area contributed by atoms with E-state index in [4.69, 9.17) is 28.9 Å². The van der Waals surface area contributed by atoms with Crippen molar-refractivity contribution in [3.63, 3.8) is 0 Å². The van der Waals surface area contributed by atoms with E-state index in [0.717, 1.165) is 10.0 Å². The van der Waals surface area contributed by atoms with Crippen molar-refractivity contribution in [2.45, 2.75) is 13.0 Å². The molecule has 0 bridgehead atoms. The molecule has 1 heterocycles. The van der Waals surface area contributed by atoms with Crippen molar-refractivity contribution in [2.75, 3.05) is 11.1 Å². The zero-order valence-corrected chi connectivity index (χ0v) is 11.5. The standard InChI is InChI=1S/C12H12Cl2N2S/c1-7(11-4-5-12(14)17-11)16-10-3-2-8(15)6-9(10)13/h2-7,16H,15H2,1H3.